The number of benzene rings is 1. The lowest BCUT2D eigenvalue weighted by Gasteiger charge is -2.07. The van der Waals surface area contributed by atoms with Crippen LogP contribution in [0.2, 0.25) is 0 Å². The molecule has 4 nitrogen and oxygen atoms in total. The lowest BCUT2D eigenvalue weighted by Crippen LogP contribution is -2.24. The van der Waals surface area contributed by atoms with Crippen LogP contribution in [0.5, 0.6) is 5.75 Å². The number of aromatic hydroxyl groups is 1. The largest absolute Gasteiger partial charge is 0.507 e. The molecule has 0 aliphatic carbocycles. The van der Waals surface area contributed by atoms with E-state index in [1.165, 1.54) is 0 Å². The van der Waals surface area contributed by atoms with Crippen LogP contribution in [0.4, 0.5) is 0 Å². The molecule has 3 N–H and O–H groups in total. The Morgan fingerprint density at radius 2 is 2.12 bits per heavy atom. The van der Waals surface area contributed by atoms with Crippen molar-refractivity contribution in [1.82, 2.24) is 5.32 Å². The second-order valence-electron chi connectivity index (χ2n) is 3.66. The molecule has 0 radical (unpaired) electrons. The van der Waals surface area contributed by atoms with Crippen molar-refractivity contribution in [2.75, 3.05) is 13.2 Å². The first-order valence-electron chi connectivity index (χ1n) is 5.34. The van der Waals surface area contributed by atoms with Crippen molar-refractivity contribution in [1.29, 1.82) is 0 Å². The van der Waals surface area contributed by atoms with Crippen molar-refractivity contribution >= 4 is 5.91 Å². The van der Waals surface area contributed by atoms with E-state index < -0.39 is 0 Å². The molecule has 0 saturated heterocycles. The molecule has 4 heteroatoms. The summed E-state index contributed by atoms with van der Waals surface area (Å²) in [5.41, 5.74) is 0.979. The second kappa shape index (κ2) is 6.12. The molecule has 0 spiro atoms. The van der Waals surface area contributed by atoms with Crippen molar-refractivity contribution in [3.05, 3.63) is 29.3 Å². The van der Waals surface area contributed by atoms with Crippen molar-refractivity contribution in [3.8, 4) is 5.75 Å². The van der Waals surface area contributed by atoms with Gasteiger partial charge in [-0.3, -0.25) is 4.79 Å². The Morgan fingerprint density at radius 3 is 2.81 bits per heavy atom. The van der Waals surface area contributed by atoms with Gasteiger partial charge in [-0.05, 0) is 31.4 Å². The molecule has 16 heavy (non-hydrogen) atoms. The molecule has 1 rings (SSSR count). The molecule has 0 saturated carbocycles. The summed E-state index contributed by atoms with van der Waals surface area (Å²) in [4.78, 5) is 11.6. The van der Waals surface area contributed by atoms with Crippen LogP contribution < -0.4 is 5.32 Å². The molecule has 0 fully saturated rings. The topological polar surface area (TPSA) is 69.6 Å². The Balaban J connectivity index is 2.56. The second-order valence-corrected chi connectivity index (χ2v) is 3.66. The average molecular weight is 223 g/mol. The van der Waals surface area contributed by atoms with Gasteiger partial charge >= 0.3 is 0 Å². The van der Waals surface area contributed by atoms with Crippen LogP contribution in [-0.2, 0) is 0 Å². The summed E-state index contributed by atoms with van der Waals surface area (Å²) in [5, 5.41) is 20.9. The average Bonchev–Trinajstić information content (AvgIpc) is 2.28. The normalized spacial score (nSPS) is 10.1. The minimum Gasteiger partial charge on any atom is -0.507 e. The fraction of sp³-hybridized carbons (Fsp3) is 0.417. The lowest BCUT2D eigenvalue weighted by atomic mass is 10.1. The van der Waals surface area contributed by atoms with E-state index in [0.29, 0.717) is 24.1 Å². The molecule has 1 amide bonds. The zero-order chi connectivity index (χ0) is 12.0. The van der Waals surface area contributed by atoms with Gasteiger partial charge in [0.25, 0.3) is 5.91 Å². The number of nitrogens with one attached hydrogen (secondary N) is 1. The van der Waals surface area contributed by atoms with Crippen molar-refractivity contribution < 1.29 is 15.0 Å². The minimum absolute atomic E-state index is 0.0298. The summed E-state index contributed by atoms with van der Waals surface area (Å²) in [6, 6.07) is 5.07. The maximum atomic E-state index is 11.6. The number of para-hydroxylation sites is 1. The number of phenols is 1. The van der Waals surface area contributed by atoms with E-state index in [9.17, 15) is 9.90 Å². The van der Waals surface area contributed by atoms with Crippen LogP contribution in [-0.4, -0.2) is 29.3 Å². The molecule has 88 valence electrons. The molecule has 0 aliphatic heterocycles. The van der Waals surface area contributed by atoms with E-state index in [4.69, 9.17) is 5.11 Å². The number of aliphatic hydroxyl groups is 1. The molecule has 0 aromatic heterocycles. The highest BCUT2D eigenvalue weighted by molar-refractivity contribution is 5.97. The molecule has 0 unspecified atom stereocenters. The van der Waals surface area contributed by atoms with Crippen LogP contribution >= 0.6 is 0 Å². The summed E-state index contributed by atoms with van der Waals surface area (Å²) < 4.78 is 0. The van der Waals surface area contributed by atoms with Crippen LogP contribution in [0.1, 0.15) is 28.8 Å². The number of carbonyl (C=O) groups is 1. The summed E-state index contributed by atoms with van der Waals surface area (Å²) in [5.74, 6) is -0.249. The SMILES string of the molecule is Cc1cccc(C(=O)NCCCCO)c1O. The Labute approximate surface area is 94.9 Å². The van der Waals surface area contributed by atoms with Gasteiger partial charge in [-0.15, -0.1) is 0 Å². The Bertz CT molecular complexity index is 363. The standard InChI is InChI=1S/C12H17NO3/c1-9-5-4-6-10(11(9)15)12(16)13-7-2-3-8-14/h4-6,14-15H,2-3,7-8H2,1H3,(H,13,16). The first kappa shape index (κ1) is 12.5. The first-order chi connectivity index (χ1) is 7.66. The molecule has 0 heterocycles. The molecular formula is C12H17NO3. The van der Waals surface area contributed by atoms with E-state index in [-0.39, 0.29) is 18.3 Å². The number of carbonyl (C=O) groups excluding carboxylic acids is 1. The van der Waals surface area contributed by atoms with E-state index in [1.54, 1.807) is 25.1 Å². The van der Waals surface area contributed by atoms with Gasteiger partial charge < -0.3 is 15.5 Å². The van der Waals surface area contributed by atoms with E-state index in [0.717, 1.165) is 6.42 Å². The zero-order valence-corrected chi connectivity index (χ0v) is 9.36. The van der Waals surface area contributed by atoms with Crippen LogP contribution in [0.25, 0.3) is 0 Å². The number of phenolic OH excluding ortho intramolecular Hbond substituents is 1. The third-order valence-electron chi connectivity index (χ3n) is 2.35. The van der Waals surface area contributed by atoms with Gasteiger partial charge in [0, 0.05) is 13.2 Å². The molecule has 0 aliphatic rings. The molecular weight excluding hydrogens is 206 g/mol. The van der Waals surface area contributed by atoms with E-state index in [2.05, 4.69) is 5.32 Å². The Morgan fingerprint density at radius 1 is 1.38 bits per heavy atom. The van der Waals surface area contributed by atoms with Gasteiger partial charge in [-0.1, -0.05) is 12.1 Å². The summed E-state index contributed by atoms with van der Waals surface area (Å²) in [6.45, 7) is 2.39. The number of hydrogen-bond acceptors (Lipinski definition) is 3. The summed E-state index contributed by atoms with van der Waals surface area (Å²) in [6.07, 6.45) is 1.40. The number of unbranched alkanes of at least 4 members (excludes halogenated alkanes) is 1. The first-order valence-corrected chi connectivity index (χ1v) is 5.34. The van der Waals surface area contributed by atoms with Gasteiger partial charge in [0.1, 0.15) is 5.75 Å². The fourth-order valence-electron chi connectivity index (χ4n) is 1.38. The van der Waals surface area contributed by atoms with Gasteiger partial charge in [0.05, 0.1) is 5.56 Å². The van der Waals surface area contributed by atoms with Gasteiger partial charge in [0.15, 0.2) is 0 Å². The highest BCUT2D eigenvalue weighted by atomic mass is 16.3. The number of aryl methyl sites for hydroxylation is 1. The molecule has 0 bridgehead atoms. The summed E-state index contributed by atoms with van der Waals surface area (Å²) in [7, 11) is 0. The third-order valence-corrected chi connectivity index (χ3v) is 2.35. The maximum absolute atomic E-state index is 11.6. The predicted molar refractivity (Wildman–Crippen MR) is 61.5 cm³/mol. The number of aliphatic hydroxyl groups excluding tert-OH is 1. The van der Waals surface area contributed by atoms with Crippen LogP contribution in [0.3, 0.4) is 0 Å². The molecule has 1 aromatic rings. The lowest BCUT2D eigenvalue weighted by molar-refractivity contribution is 0.0949. The Kier molecular flexibility index (Phi) is 4.79. The number of rotatable bonds is 5. The minimum atomic E-state index is -0.279. The number of amides is 1. The Hall–Kier alpha value is -1.55. The van der Waals surface area contributed by atoms with Crippen LogP contribution in [0.15, 0.2) is 18.2 Å². The van der Waals surface area contributed by atoms with Crippen molar-refractivity contribution in [2.45, 2.75) is 19.8 Å². The van der Waals surface area contributed by atoms with E-state index in [1.807, 2.05) is 0 Å². The zero-order valence-electron chi connectivity index (χ0n) is 9.36. The smallest absolute Gasteiger partial charge is 0.255 e. The van der Waals surface area contributed by atoms with Crippen molar-refractivity contribution in [2.24, 2.45) is 0 Å². The molecule has 1 aromatic carbocycles. The fourth-order valence-corrected chi connectivity index (χ4v) is 1.38. The van der Waals surface area contributed by atoms with Crippen molar-refractivity contribution in [3.63, 3.8) is 0 Å². The monoisotopic (exact) mass is 223 g/mol. The quantitative estimate of drug-likeness (QED) is 0.657. The van der Waals surface area contributed by atoms with E-state index >= 15 is 0 Å². The molecule has 0 atom stereocenters. The van der Waals surface area contributed by atoms with Gasteiger partial charge in [0.2, 0.25) is 0 Å². The highest BCUT2D eigenvalue weighted by Crippen LogP contribution is 2.20. The number of hydrogen-bond donors (Lipinski definition) is 3. The maximum Gasteiger partial charge on any atom is 0.255 e. The predicted octanol–water partition coefficient (Wildman–Crippen LogP) is 1.20. The summed E-state index contributed by atoms with van der Waals surface area (Å²) >= 11 is 0. The third kappa shape index (κ3) is 3.24. The highest BCUT2D eigenvalue weighted by Gasteiger charge is 2.11. The van der Waals surface area contributed by atoms with Gasteiger partial charge in [-0.25, -0.2) is 0 Å². The van der Waals surface area contributed by atoms with Gasteiger partial charge in [-0.2, -0.15) is 0 Å². The van der Waals surface area contributed by atoms with Crippen LogP contribution in [0, 0.1) is 6.92 Å².